The molecule has 0 aromatic carbocycles. The van der Waals surface area contributed by atoms with Crippen LogP contribution in [-0.4, -0.2) is 25.8 Å². The van der Waals surface area contributed by atoms with E-state index in [-0.39, 0.29) is 5.56 Å². The van der Waals surface area contributed by atoms with E-state index in [9.17, 15) is 4.79 Å². The molecule has 0 amide bonds. The molecule has 2 rings (SSSR count). The predicted octanol–water partition coefficient (Wildman–Crippen LogP) is 2.10. The van der Waals surface area contributed by atoms with E-state index >= 15 is 0 Å². The average molecular weight is 247 g/mol. The zero-order chi connectivity index (χ0) is 13.1. The summed E-state index contributed by atoms with van der Waals surface area (Å²) in [5, 5.41) is 13.0. The van der Waals surface area contributed by atoms with Crippen molar-refractivity contribution in [3.63, 3.8) is 0 Å². The standard InChI is InChI=1S/C12H13N3O3/c1-3-15-7-9(6-13-15)18-11-5-4-10(12(16)17)8(2)14-11/h4-7H,3H2,1-2H3,(H,16,17). The molecule has 0 aliphatic heterocycles. The lowest BCUT2D eigenvalue weighted by Gasteiger charge is -2.04. The normalized spacial score (nSPS) is 10.3. The van der Waals surface area contributed by atoms with Crippen molar-refractivity contribution in [2.24, 2.45) is 0 Å². The summed E-state index contributed by atoms with van der Waals surface area (Å²) in [6.45, 7) is 4.36. The Hall–Kier alpha value is -2.37. The Morgan fingerprint density at radius 1 is 1.50 bits per heavy atom. The minimum atomic E-state index is -0.995. The molecule has 1 N–H and O–H groups in total. The highest BCUT2D eigenvalue weighted by Crippen LogP contribution is 2.20. The number of pyridine rings is 1. The van der Waals surface area contributed by atoms with E-state index in [1.54, 1.807) is 24.0 Å². The van der Waals surface area contributed by atoms with Crippen molar-refractivity contribution in [3.05, 3.63) is 35.8 Å². The number of aromatic nitrogens is 3. The zero-order valence-corrected chi connectivity index (χ0v) is 10.1. The van der Waals surface area contributed by atoms with Crippen molar-refractivity contribution < 1.29 is 14.6 Å². The summed E-state index contributed by atoms with van der Waals surface area (Å²) in [5.74, 6) is -0.0645. The fraction of sp³-hybridized carbons (Fsp3) is 0.250. The smallest absolute Gasteiger partial charge is 0.337 e. The Bertz CT molecular complexity index is 578. The number of ether oxygens (including phenoxy) is 1. The maximum atomic E-state index is 10.8. The molecule has 2 heterocycles. The highest BCUT2D eigenvalue weighted by molar-refractivity contribution is 5.88. The maximum Gasteiger partial charge on any atom is 0.337 e. The zero-order valence-electron chi connectivity index (χ0n) is 10.1. The first kappa shape index (κ1) is 12.1. The van der Waals surface area contributed by atoms with E-state index in [0.717, 1.165) is 6.54 Å². The lowest BCUT2D eigenvalue weighted by molar-refractivity contribution is 0.0695. The molecule has 0 spiro atoms. The second-order valence-corrected chi connectivity index (χ2v) is 3.72. The van der Waals surface area contributed by atoms with Gasteiger partial charge in [-0.2, -0.15) is 5.10 Å². The van der Waals surface area contributed by atoms with Crippen LogP contribution in [-0.2, 0) is 6.54 Å². The van der Waals surface area contributed by atoms with E-state index in [0.29, 0.717) is 17.3 Å². The van der Waals surface area contributed by atoms with E-state index in [1.165, 1.54) is 12.1 Å². The number of aryl methyl sites for hydroxylation is 2. The highest BCUT2D eigenvalue weighted by Gasteiger charge is 2.10. The Kier molecular flexibility index (Phi) is 3.27. The third kappa shape index (κ3) is 2.48. The first-order valence-corrected chi connectivity index (χ1v) is 5.51. The number of aromatic carboxylic acids is 1. The Morgan fingerprint density at radius 2 is 2.28 bits per heavy atom. The van der Waals surface area contributed by atoms with Crippen LogP contribution in [0.3, 0.4) is 0 Å². The molecular weight excluding hydrogens is 234 g/mol. The molecule has 2 aromatic heterocycles. The summed E-state index contributed by atoms with van der Waals surface area (Å²) < 4.78 is 7.22. The highest BCUT2D eigenvalue weighted by atomic mass is 16.5. The van der Waals surface area contributed by atoms with Crippen molar-refractivity contribution in [1.82, 2.24) is 14.8 Å². The van der Waals surface area contributed by atoms with Gasteiger partial charge in [0.2, 0.25) is 5.88 Å². The SMILES string of the molecule is CCn1cc(Oc2ccc(C(=O)O)c(C)n2)cn1. The first-order valence-electron chi connectivity index (χ1n) is 5.51. The molecule has 0 unspecified atom stereocenters. The lowest BCUT2D eigenvalue weighted by Crippen LogP contribution is -2.02. The molecular formula is C12H13N3O3. The molecule has 0 saturated carbocycles. The summed E-state index contributed by atoms with van der Waals surface area (Å²) in [6, 6.07) is 3.00. The molecule has 0 atom stereocenters. The van der Waals surface area contributed by atoms with Gasteiger partial charge >= 0.3 is 5.97 Å². The second-order valence-electron chi connectivity index (χ2n) is 3.72. The van der Waals surface area contributed by atoms with Crippen molar-refractivity contribution in [3.8, 4) is 11.6 Å². The third-order valence-corrected chi connectivity index (χ3v) is 2.45. The van der Waals surface area contributed by atoms with Crippen LogP contribution in [0.1, 0.15) is 23.0 Å². The number of rotatable bonds is 4. The number of carboxylic acids is 1. The van der Waals surface area contributed by atoms with Gasteiger partial charge in [-0.15, -0.1) is 0 Å². The van der Waals surface area contributed by atoms with Crippen LogP contribution in [0, 0.1) is 6.92 Å². The molecule has 6 heteroatoms. The molecule has 94 valence electrons. The average Bonchev–Trinajstić information content (AvgIpc) is 2.76. The maximum absolute atomic E-state index is 10.8. The van der Waals surface area contributed by atoms with Crippen LogP contribution >= 0.6 is 0 Å². The lowest BCUT2D eigenvalue weighted by atomic mass is 10.2. The Morgan fingerprint density at radius 3 is 2.83 bits per heavy atom. The summed E-state index contributed by atoms with van der Waals surface area (Å²) >= 11 is 0. The van der Waals surface area contributed by atoms with E-state index in [2.05, 4.69) is 10.1 Å². The summed E-state index contributed by atoms with van der Waals surface area (Å²) in [4.78, 5) is 14.9. The Balaban J connectivity index is 2.19. The molecule has 6 nitrogen and oxygen atoms in total. The van der Waals surface area contributed by atoms with Crippen molar-refractivity contribution in [2.75, 3.05) is 0 Å². The van der Waals surface area contributed by atoms with Gasteiger partial charge in [-0.3, -0.25) is 4.68 Å². The first-order chi connectivity index (χ1) is 8.60. The largest absolute Gasteiger partial charge is 0.478 e. The van der Waals surface area contributed by atoms with Gasteiger partial charge in [0.15, 0.2) is 5.75 Å². The number of carboxylic acid groups (broad SMARTS) is 1. The summed E-state index contributed by atoms with van der Waals surface area (Å²) in [6.07, 6.45) is 3.34. The predicted molar refractivity (Wildman–Crippen MR) is 63.9 cm³/mol. The van der Waals surface area contributed by atoms with Crippen LogP contribution in [0.25, 0.3) is 0 Å². The number of nitrogens with zero attached hydrogens (tertiary/aromatic N) is 3. The fourth-order valence-corrected chi connectivity index (χ4v) is 1.51. The van der Waals surface area contributed by atoms with Gasteiger partial charge in [0.05, 0.1) is 23.7 Å². The molecule has 0 radical (unpaired) electrons. The van der Waals surface area contributed by atoms with Gasteiger partial charge in [-0.1, -0.05) is 0 Å². The van der Waals surface area contributed by atoms with Crippen LogP contribution in [0.4, 0.5) is 0 Å². The van der Waals surface area contributed by atoms with Crippen LogP contribution < -0.4 is 4.74 Å². The van der Waals surface area contributed by atoms with Gasteiger partial charge < -0.3 is 9.84 Å². The quantitative estimate of drug-likeness (QED) is 0.895. The monoisotopic (exact) mass is 247 g/mol. The van der Waals surface area contributed by atoms with Crippen LogP contribution in [0.15, 0.2) is 24.5 Å². The topological polar surface area (TPSA) is 77.2 Å². The summed E-state index contributed by atoms with van der Waals surface area (Å²) in [7, 11) is 0. The number of hydrogen-bond acceptors (Lipinski definition) is 4. The van der Waals surface area contributed by atoms with Gasteiger partial charge in [0, 0.05) is 12.6 Å². The molecule has 2 aromatic rings. The molecule has 0 fully saturated rings. The fourth-order valence-electron chi connectivity index (χ4n) is 1.51. The van der Waals surface area contributed by atoms with Gasteiger partial charge in [0.25, 0.3) is 0 Å². The van der Waals surface area contributed by atoms with E-state index in [4.69, 9.17) is 9.84 Å². The van der Waals surface area contributed by atoms with Crippen LogP contribution in [0.2, 0.25) is 0 Å². The molecule has 0 aliphatic rings. The summed E-state index contributed by atoms with van der Waals surface area (Å²) in [5.41, 5.74) is 0.592. The number of carbonyl (C=O) groups is 1. The van der Waals surface area contributed by atoms with Crippen molar-refractivity contribution >= 4 is 5.97 Å². The van der Waals surface area contributed by atoms with Crippen molar-refractivity contribution in [1.29, 1.82) is 0 Å². The minimum Gasteiger partial charge on any atom is -0.478 e. The Labute approximate surface area is 104 Å². The second kappa shape index (κ2) is 4.87. The number of hydrogen-bond donors (Lipinski definition) is 1. The molecule has 0 bridgehead atoms. The molecule has 0 saturated heterocycles. The molecule has 0 aliphatic carbocycles. The van der Waals surface area contributed by atoms with Crippen molar-refractivity contribution in [2.45, 2.75) is 20.4 Å². The van der Waals surface area contributed by atoms with Gasteiger partial charge in [-0.25, -0.2) is 9.78 Å². The third-order valence-electron chi connectivity index (χ3n) is 2.45. The molecule has 18 heavy (non-hydrogen) atoms. The van der Waals surface area contributed by atoms with Crippen LogP contribution in [0.5, 0.6) is 11.6 Å². The minimum absolute atomic E-state index is 0.173. The van der Waals surface area contributed by atoms with E-state index < -0.39 is 5.97 Å². The van der Waals surface area contributed by atoms with E-state index in [1.807, 2.05) is 6.92 Å². The van der Waals surface area contributed by atoms with Gasteiger partial charge in [-0.05, 0) is 19.9 Å². The van der Waals surface area contributed by atoms with Gasteiger partial charge in [0.1, 0.15) is 0 Å².